The van der Waals surface area contributed by atoms with Crippen molar-refractivity contribution in [3.8, 4) is 0 Å². The number of hydrogen-bond donors (Lipinski definition) is 3. The fourth-order valence-corrected chi connectivity index (χ4v) is 1.78. The van der Waals surface area contributed by atoms with Crippen LogP contribution in [0.5, 0.6) is 0 Å². The Balaban J connectivity index is 2.26. The standard InChI is InChI=1S/C11H23N3O2/c1-9(2)14(3)5-4-13-11(6-10(15)16)7-12-8-11/h9,12-13H,4-8H2,1-3H3,(H,15,16). The third-order valence-corrected chi connectivity index (χ3v) is 3.26. The summed E-state index contributed by atoms with van der Waals surface area (Å²) in [6, 6.07) is 0.525. The van der Waals surface area contributed by atoms with Crippen molar-refractivity contribution in [2.45, 2.75) is 31.8 Å². The lowest BCUT2D eigenvalue weighted by atomic mass is 9.88. The first-order valence-electron chi connectivity index (χ1n) is 5.83. The lowest BCUT2D eigenvalue weighted by Gasteiger charge is -2.43. The van der Waals surface area contributed by atoms with Crippen molar-refractivity contribution in [2.75, 3.05) is 33.2 Å². The van der Waals surface area contributed by atoms with Crippen LogP contribution in [0.3, 0.4) is 0 Å². The number of carboxylic acids is 1. The monoisotopic (exact) mass is 229 g/mol. The number of carboxylic acid groups (broad SMARTS) is 1. The summed E-state index contributed by atoms with van der Waals surface area (Å²) in [5.41, 5.74) is -0.219. The van der Waals surface area contributed by atoms with E-state index in [2.05, 4.69) is 36.4 Å². The summed E-state index contributed by atoms with van der Waals surface area (Å²) in [7, 11) is 2.08. The number of hydrogen-bond acceptors (Lipinski definition) is 4. The van der Waals surface area contributed by atoms with Crippen molar-refractivity contribution < 1.29 is 9.90 Å². The smallest absolute Gasteiger partial charge is 0.305 e. The average Bonchev–Trinajstić information content (AvgIpc) is 2.12. The predicted molar refractivity (Wildman–Crippen MR) is 63.6 cm³/mol. The number of aliphatic carboxylic acids is 1. The van der Waals surface area contributed by atoms with E-state index >= 15 is 0 Å². The van der Waals surface area contributed by atoms with Gasteiger partial charge in [-0.15, -0.1) is 0 Å². The molecule has 1 saturated heterocycles. The highest BCUT2D eigenvalue weighted by molar-refractivity contribution is 5.68. The molecule has 0 atom stereocenters. The van der Waals surface area contributed by atoms with Crippen LogP contribution in [0.25, 0.3) is 0 Å². The van der Waals surface area contributed by atoms with E-state index in [-0.39, 0.29) is 12.0 Å². The highest BCUT2D eigenvalue weighted by Gasteiger charge is 2.38. The van der Waals surface area contributed by atoms with Gasteiger partial charge in [-0.3, -0.25) is 4.79 Å². The van der Waals surface area contributed by atoms with Crippen LogP contribution in [0.2, 0.25) is 0 Å². The minimum atomic E-state index is -0.730. The van der Waals surface area contributed by atoms with Gasteiger partial charge in [-0.05, 0) is 20.9 Å². The Morgan fingerprint density at radius 3 is 2.56 bits per heavy atom. The Bertz CT molecular complexity index is 239. The molecule has 5 nitrogen and oxygen atoms in total. The zero-order valence-electron chi connectivity index (χ0n) is 10.4. The molecule has 1 rings (SSSR count). The molecule has 0 unspecified atom stereocenters. The molecular weight excluding hydrogens is 206 g/mol. The summed E-state index contributed by atoms with van der Waals surface area (Å²) >= 11 is 0. The summed E-state index contributed by atoms with van der Waals surface area (Å²) in [5.74, 6) is -0.730. The van der Waals surface area contributed by atoms with Crippen molar-refractivity contribution in [1.82, 2.24) is 15.5 Å². The highest BCUT2D eigenvalue weighted by Crippen LogP contribution is 2.15. The number of likely N-dealkylation sites (N-methyl/N-ethyl adjacent to an activating group) is 1. The molecule has 0 spiro atoms. The number of nitrogens with zero attached hydrogens (tertiary/aromatic N) is 1. The van der Waals surface area contributed by atoms with E-state index in [9.17, 15) is 4.79 Å². The van der Waals surface area contributed by atoms with Gasteiger partial charge in [0.15, 0.2) is 0 Å². The van der Waals surface area contributed by atoms with Crippen LogP contribution in [0, 0.1) is 0 Å². The van der Waals surface area contributed by atoms with Crippen LogP contribution in [0.15, 0.2) is 0 Å². The fourth-order valence-electron chi connectivity index (χ4n) is 1.78. The van der Waals surface area contributed by atoms with Crippen LogP contribution in [-0.2, 0) is 4.79 Å². The zero-order chi connectivity index (χ0) is 12.2. The first kappa shape index (κ1) is 13.4. The van der Waals surface area contributed by atoms with Gasteiger partial charge in [0.2, 0.25) is 0 Å². The minimum Gasteiger partial charge on any atom is -0.481 e. The molecule has 0 saturated carbocycles. The molecule has 94 valence electrons. The zero-order valence-corrected chi connectivity index (χ0v) is 10.4. The third-order valence-electron chi connectivity index (χ3n) is 3.26. The Kier molecular flexibility index (Phi) is 4.70. The minimum absolute atomic E-state index is 0.200. The molecule has 0 amide bonds. The van der Waals surface area contributed by atoms with E-state index in [1.54, 1.807) is 0 Å². The van der Waals surface area contributed by atoms with Crippen molar-refractivity contribution in [1.29, 1.82) is 0 Å². The maximum Gasteiger partial charge on any atom is 0.305 e. The second kappa shape index (κ2) is 5.61. The van der Waals surface area contributed by atoms with E-state index in [4.69, 9.17) is 5.11 Å². The van der Waals surface area contributed by atoms with Crippen LogP contribution >= 0.6 is 0 Å². The van der Waals surface area contributed by atoms with Gasteiger partial charge in [0.05, 0.1) is 12.0 Å². The molecule has 1 heterocycles. The van der Waals surface area contributed by atoms with Gasteiger partial charge in [0, 0.05) is 32.2 Å². The normalized spacial score (nSPS) is 18.8. The third kappa shape index (κ3) is 3.73. The van der Waals surface area contributed by atoms with Crippen molar-refractivity contribution in [2.24, 2.45) is 0 Å². The number of rotatable bonds is 7. The Labute approximate surface area is 97.2 Å². The summed E-state index contributed by atoms with van der Waals surface area (Å²) < 4.78 is 0. The van der Waals surface area contributed by atoms with Gasteiger partial charge in [-0.2, -0.15) is 0 Å². The van der Waals surface area contributed by atoms with Crippen LogP contribution in [-0.4, -0.2) is 60.8 Å². The van der Waals surface area contributed by atoms with Gasteiger partial charge in [-0.1, -0.05) is 0 Å². The number of nitrogens with one attached hydrogen (secondary N) is 2. The Morgan fingerprint density at radius 2 is 2.19 bits per heavy atom. The van der Waals surface area contributed by atoms with Gasteiger partial charge < -0.3 is 20.6 Å². The van der Waals surface area contributed by atoms with Crippen molar-refractivity contribution in [3.05, 3.63) is 0 Å². The SMILES string of the molecule is CC(C)N(C)CCNC1(CC(=O)O)CNC1. The van der Waals surface area contributed by atoms with Gasteiger partial charge in [-0.25, -0.2) is 0 Å². The van der Waals surface area contributed by atoms with E-state index in [0.717, 1.165) is 26.2 Å². The molecule has 0 radical (unpaired) electrons. The molecule has 0 bridgehead atoms. The Morgan fingerprint density at radius 1 is 1.56 bits per heavy atom. The van der Waals surface area contributed by atoms with E-state index in [0.29, 0.717) is 6.04 Å². The molecule has 0 aromatic heterocycles. The summed E-state index contributed by atoms with van der Waals surface area (Å²) in [4.78, 5) is 13.0. The van der Waals surface area contributed by atoms with E-state index < -0.39 is 5.97 Å². The Hall–Kier alpha value is -0.650. The molecular formula is C11H23N3O2. The maximum absolute atomic E-state index is 10.7. The lowest BCUT2D eigenvalue weighted by molar-refractivity contribution is -0.139. The van der Waals surface area contributed by atoms with Crippen molar-refractivity contribution in [3.63, 3.8) is 0 Å². The van der Waals surface area contributed by atoms with E-state index in [1.807, 2.05) is 0 Å². The molecule has 1 fully saturated rings. The lowest BCUT2D eigenvalue weighted by Crippen LogP contribution is -2.69. The fraction of sp³-hybridized carbons (Fsp3) is 0.909. The molecule has 0 aliphatic carbocycles. The molecule has 5 heteroatoms. The van der Waals surface area contributed by atoms with Crippen molar-refractivity contribution >= 4 is 5.97 Å². The van der Waals surface area contributed by atoms with Crippen LogP contribution in [0.4, 0.5) is 0 Å². The average molecular weight is 229 g/mol. The van der Waals surface area contributed by atoms with E-state index in [1.165, 1.54) is 0 Å². The molecule has 16 heavy (non-hydrogen) atoms. The highest BCUT2D eigenvalue weighted by atomic mass is 16.4. The number of carbonyl (C=O) groups is 1. The van der Waals surface area contributed by atoms with Gasteiger partial charge in [0.25, 0.3) is 0 Å². The van der Waals surface area contributed by atoms with Gasteiger partial charge >= 0.3 is 5.97 Å². The van der Waals surface area contributed by atoms with Crippen LogP contribution < -0.4 is 10.6 Å². The predicted octanol–water partition coefficient (Wildman–Crippen LogP) is -0.267. The first-order valence-corrected chi connectivity index (χ1v) is 5.83. The van der Waals surface area contributed by atoms with Gasteiger partial charge in [0.1, 0.15) is 0 Å². The summed E-state index contributed by atoms with van der Waals surface area (Å²) in [6.07, 6.45) is 0.200. The summed E-state index contributed by atoms with van der Waals surface area (Å²) in [6.45, 7) is 7.59. The van der Waals surface area contributed by atoms with Crippen LogP contribution in [0.1, 0.15) is 20.3 Å². The molecule has 3 N–H and O–H groups in total. The molecule has 1 aliphatic rings. The second-order valence-electron chi connectivity index (χ2n) is 4.96. The quantitative estimate of drug-likeness (QED) is 0.561. The molecule has 0 aromatic carbocycles. The topological polar surface area (TPSA) is 64.6 Å². The second-order valence-corrected chi connectivity index (χ2v) is 4.96. The molecule has 1 aliphatic heterocycles. The first-order chi connectivity index (χ1) is 7.45. The summed E-state index contributed by atoms with van der Waals surface area (Å²) in [5, 5.41) is 15.3. The largest absolute Gasteiger partial charge is 0.481 e. The maximum atomic E-state index is 10.7. The molecule has 0 aromatic rings.